The third kappa shape index (κ3) is 3.48. The largest absolute Gasteiger partial charge is 0.398 e. The minimum absolute atomic E-state index is 0.0751. The number of carbonyl (C=O) groups excluding carboxylic acids is 1. The first-order valence-electron chi connectivity index (χ1n) is 6.38. The molecule has 0 aliphatic heterocycles. The third-order valence-electron chi connectivity index (χ3n) is 3.69. The maximum Gasteiger partial charge on any atom is 0.252 e. The maximum absolute atomic E-state index is 12.4. The molecule has 4 N–H and O–H groups in total. The lowest BCUT2D eigenvalue weighted by molar-refractivity contribution is 0.0817. The highest BCUT2D eigenvalue weighted by Crippen LogP contribution is 2.24. The Labute approximate surface area is 122 Å². The van der Waals surface area contributed by atoms with E-state index in [1.54, 1.807) is 12.1 Å². The summed E-state index contributed by atoms with van der Waals surface area (Å²) >= 11 is 3.34. The quantitative estimate of drug-likeness (QED) is 0.727. The van der Waals surface area contributed by atoms with Gasteiger partial charge in [-0.05, 0) is 37.5 Å². The van der Waals surface area contributed by atoms with Gasteiger partial charge in [-0.25, -0.2) is 0 Å². The highest BCUT2D eigenvalue weighted by Gasteiger charge is 2.28. The topological polar surface area (TPSA) is 75.3 Å². The predicted molar refractivity (Wildman–Crippen MR) is 81.2 cm³/mol. The summed E-state index contributed by atoms with van der Waals surface area (Å²) in [5.74, 6) is -0.205. The molecule has 0 atom stereocenters. The second kappa shape index (κ2) is 6.39. The highest BCUT2D eigenvalue weighted by atomic mass is 79.9. The summed E-state index contributed by atoms with van der Waals surface area (Å²) in [6.07, 6.45) is 1.35. The van der Waals surface area contributed by atoms with Gasteiger partial charge in [0.05, 0.1) is 12.1 Å². The van der Waals surface area contributed by atoms with Crippen molar-refractivity contribution in [1.82, 2.24) is 5.32 Å². The van der Waals surface area contributed by atoms with Gasteiger partial charge in [0.1, 0.15) is 0 Å². The van der Waals surface area contributed by atoms with E-state index in [0.717, 1.165) is 10.0 Å². The van der Waals surface area contributed by atoms with Crippen LogP contribution < -0.4 is 11.1 Å². The molecule has 1 aromatic carbocycles. The van der Waals surface area contributed by atoms with Crippen LogP contribution in [-0.2, 0) is 0 Å². The minimum Gasteiger partial charge on any atom is -0.398 e. The predicted octanol–water partition coefficient (Wildman–Crippen LogP) is 2.62. The second-order valence-corrected chi connectivity index (χ2v) is 5.68. The molecule has 19 heavy (non-hydrogen) atoms. The summed E-state index contributed by atoms with van der Waals surface area (Å²) in [6, 6.07) is 3.51. The van der Waals surface area contributed by atoms with Crippen LogP contribution in [0.2, 0.25) is 0 Å². The Kier molecular flexibility index (Phi) is 5.38. The number of anilines is 1. The molecular weight excluding hydrogens is 308 g/mol. The van der Waals surface area contributed by atoms with Crippen molar-refractivity contribution >= 4 is 27.5 Å². The molecule has 0 aromatic heterocycles. The SMILES string of the molecule is CCC(CC)(CO)NC(=O)c1cc(Br)cc(N)c1C. The van der Waals surface area contributed by atoms with Gasteiger partial charge in [-0.15, -0.1) is 0 Å². The number of halogens is 1. The summed E-state index contributed by atoms with van der Waals surface area (Å²) in [5, 5.41) is 12.4. The van der Waals surface area contributed by atoms with Gasteiger partial charge in [0, 0.05) is 15.7 Å². The Morgan fingerprint density at radius 2 is 2.00 bits per heavy atom. The molecule has 0 bridgehead atoms. The molecule has 0 fully saturated rings. The van der Waals surface area contributed by atoms with Crippen molar-refractivity contribution < 1.29 is 9.90 Å². The molecule has 106 valence electrons. The summed E-state index contributed by atoms with van der Waals surface area (Å²) in [7, 11) is 0. The van der Waals surface area contributed by atoms with Crippen molar-refractivity contribution in [1.29, 1.82) is 0 Å². The summed E-state index contributed by atoms with van der Waals surface area (Å²) in [5.41, 5.74) is 7.15. The number of aliphatic hydroxyl groups excluding tert-OH is 1. The Bertz CT molecular complexity index is 462. The lowest BCUT2D eigenvalue weighted by Gasteiger charge is -2.31. The van der Waals surface area contributed by atoms with E-state index in [-0.39, 0.29) is 12.5 Å². The Morgan fingerprint density at radius 1 is 1.42 bits per heavy atom. The second-order valence-electron chi connectivity index (χ2n) is 4.77. The fourth-order valence-corrected chi connectivity index (χ4v) is 2.41. The van der Waals surface area contributed by atoms with Crippen molar-refractivity contribution in [2.24, 2.45) is 0 Å². The molecule has 0 heterocycles. The van der Waals surface area contributed by atoms with Gasteiger partial charge in [0.2, 0.25) is 0 Å². The van der Waals surface area contributed by atoms with Crippen LogP contribution in [0.15, 0.2) is 16.6 Å². The molecule has 0 unspecified atom stereocenters. The van der Waals surface area contributed by atoms with Crippen LogP contribution in [0, 0.1) is 6.92 Å². The molecule has 0 aliphatic rings. The lowest BCUT2D eigenvalue weighted by atomic mass is 9.93. The lowest BCUT2D eigenvalue weighted by Crippen LogP contribution is -2.50. The molecule has 0 spiro atoms. The number of hydrogen-bond donors (Lipinski definition) is 3. The monoisotopic (exact) mass is 328 g/mol. The minimum atomic E-state index is -0.569. The van der Waals surface area contributed by atoms with Crippen molar-refractivity contribution in [3.8, 4) is 0 Å². The molecular formula is C14H21BrN2O2. The first kappa shape index (κ1) is 16.0. The number of benzene rings is 1. The van der Waals surface area contributed by atoms with E-state index in [0.29, 0.717) is 24.1 Å². The zero-order valence-electron chi connectivity index (χ0n) is 11.6. The number of nitrogens with one attached hydrogen (secondary N) is 1. The number of nitrogens with two attached hydrogens (primary N) is 1. The van der Waals surface area contributed by atoms with Crippen LogP contribution in [0.5, 0.6) is 0 Å². The molecule has 4 nitrogen and oxygen atoms in total. The van der Waals surface area contributed by atoms with Crippen LogP contribution in [0.4, 0.5) is 5.69 Å². The Hall–Kier alpha value is -1.07. The smallest absolute Gasteiger partial charge is 0.252 e. The van der Waals surface area contributed by atoms with Crippen LogP contribution >= 0.6 is 15.9 Å². The average Bonchev–Trinajstić information content (AvgIpc) is 2.40. The Balaban J connectivity index is 3.08. The summed E-state index contributed by atoms with van der Waals surface area (Å²) < 4.78 is 0.767. The van der Waals surface area contributed by atoms with Gasteiger partial charge >= 0.3 is 0 Å². The maximum atomic E-state index is 12.4. The summed E-state index contributed by atoms with van der Waals surface area (Å²) in [6.45, 7) is 5.63. The molecule has 0 saturated heterocycles. The van der Waals surface area contributed by atoms with Gasteiger partial charge in [0.15, 0.2) is 0 Å². The van der Waals surface area contributed by atoms with Crippen molar-refractivity contribution in [3.63, 3.8) is 0 Å². The van der Waals surface area contributed by atoms with Crippen molar-refractivity contribution in [2.75, 3.05) is 12.3 Å². The third-order valence-corrected chi connectivity index (χ3v) is 4.15. The van der Waals surface area contributed by atoms with E-state index in [9.17, 15) is 9.90 Å². The molecule has 0 aliphatic carbocycles. The average molecular weight is 329 g/mol. The molecule has 0 radical (unpaired) electrons. The van der Waals surface area contributed by atoms with Crippen LogP contribution in [0.25, 0.3) is 0 Å². The first-order valence-corrected chi connectivity index (χ1v) is 7.17. The van der Waals surface area contributed by atoms with Crippen molar-refractivity contribution in [2.45, 2.75) is 39.2 Å². The van der Waals surface area contributed by atoms with E-state index >= 15 is 0 Å². The number of carbonyl (C=O) groups is 1. The zero-order valence-corrected chi connectivity index (χ0v) is 13.2. The van der Waals surface area contributed by atoms with Crippen LogP contribution in [0.1, 0.15) is 42.6 Å². The molecule has 1 rings (SSSR count). The number of nitrogen functional groups attached to an aromatic ring is 1. The molecule has 0 saturated carbocycles. The number of amides is 1. The number of rotatable bonds is 5. The van der Waals surface area contributed by atoms with Crippen LogP contribution in [-0.4, -0.2) is 23.2 Å². The molecule has 1 aromatic rings. The highest BCUT2D eigenvalue weighted by molar-refractivity contribution is 9.10. The van der Waals surface area contributed by atoms with E-state index in [1.807, 2.05) is 20.8 Å². The number of aliphatic hydroxyl groups is 1. The van der Waals surface area contributed by atoms with Gasteiger partial charge in [0.25, 0.3) is 5.91 Å². The fourth-order valence-electron chi connectivity index (χ4n) is 1.93. The van der Waals surface area contributed by atoms with Gasteiger partial charge in [-0.2, -0.15) is 0 Å². The molecule has 1 amide bonds. The van der Waals surface area contributed by atoms with Crippen molar-refractivity contribution in [3.05, 3.63) is 27.7 Å². The molecule has 5 heteroatoms. The normalized spacial score (nSPS) is 11.4. The standard InChI is InChI=1S/C14H21BrN2O2/c1-4-14(5-2,8-18)17-13(19)11-6-10(15)7-12(16)9(11)3/h6-7,18H,4-5,8,16H2,1-3H3,(H,17,19). The van der Waals surface area contributed by atoms with Gasteiger partial charge in [-0.3, -0.25) is 4.79 Å². The van der Waals surface area contributed by atoms with E-state index in [4.69, 9.17) is 5.73 Å². The van der Waals surface area contributed by atoms with E-state index in [1.165, 1.54) is 0 Å². The van der Waals surface area contributed by atoms with Crippen LogP contribution in [0.3, 0.4) is 0 Å². The first-order chi connectivity index (χ1) is 8.89. The van der Waals surface area contributed by atoms with Gasteiger partial charge in [-0.1, -0.05) is 29.8 Å². The van der Waals surface area contributed by atoms with E-state index < -0.39 is 5.54 Å². The van der Waals surface area contributed by atoms with Gasteiger partial charge < -0.3 is 16.2 Å². The summed E-state index contributed by atoms with van der Waals surface area (Å²) in [4.78, 5) is 12.4. The van der Waals surface area contributed by atoms with E-state index in [2.05, 4.69) is 21.2 Å². The Morgan fingerprint density at radius 3 is 2.47 bits per heavy atom. The fraction of sp³-hybridized carbons (Fsp3) is 0.500. The zero-order chi connectivity index (χ0) is 14.6. The number of hydrogen-bond acceptors (Lipinski definition) is 3.